The van der Waals surface area contributed by atoms with Crippen molar-refractivity contribution in [3.05, 3.63) is 0 Å². The van der Waals surface area contributed by atoms with Gasteiger partial charge in [-0.3, -0.25) is 0 Å². The van der Waals surface area contributed by atoms with Crippen LogP contribution in [-0.2, 0) is 10.0 Å². The molecule has 4 nitrogen and oxygen atoms in total. The average Bonchev–Trinajstić information content (AvgIpc) is 2.27. The summed E-state index contributed by atoms with van der Waals surface area (Å²) in [4.78, 5) is 0. The lowest BCUT2D eigenvalue weighted by molar-refractivity contribution is 0.255. The summed E-state index contributed by atoms with van der Waals surface area (Å²) < 4.78 is 24.3. The Morgan fingerprint density at radius 2 is 1.82 bits per heavy atom. The van der Waals surface area contributed by atoms with Gasteiger partial charge in [-0.1, -0.05) is 20.3 Å². The number of nitrogens with zero attached hydrogens (tertiary/aromatic N) is 1. The summed E-state index contributed by atoms with van der Waals surface area (Å²) in [7, 11) is -2.99. The number of hydrogen-bond donors (Lipinski definition) is 1. The third-order valence-corrected chi connectivity index (χ3v) is 5.22. The molecule has 0 spiro atoms. The Kier molecular flexibility index (Phi) is 5.41. The minimum atomic E-state index is -2.99. The molecule has 1 N–H and O–H groups in total. The summed E-state index contributed by atoms with van der Waals surface area (Å²) in [5, 5.41) is 3.62. The van der Waals surface area contributed by atoms with Crippen molar-refractivity contribution in [2.45, 2.75) is 52.1 Å². The van der Waals surface area contributed by atoms with Crippen LogP contribution in [0.25, 0.3) is 0 Å². The summed E-state index contributed by atoms with van der Waals surface area (Å²) in [5.41, 5.74) is 0. The molecule has 0 aliphatic carbocycles. The number of nitrogens with one attached hydrogen (secondary N) is 1. The van der Waals surface area contributed by atoms with E-state index in [0.29, 0.717) is 31.1 Å². The van der Waals surface area contributed by atoms with Crippen molar-refractivity contribution in [3.63, 3.8) is 0 Å². The summed E-state index contributed by atoms with van der Waals surface area (Å²) in [6, 6.07) is 0.979. The van der Waals surface area contributed by atoms with Gasteiger partial charge in [0.15, 0.2) is 0 Å². The maximum Gasteiger partial charge on any atom is 0.211 e. The van der Waals surface area contributed by atoms with Gasteiger partial charge in [-0.05, 0) is 25.7 Å². The number of piperidine rings is 1. The van der Waals surface area contributed by atoms with Gasteiger partial charge in [-0.15, -0.1) is 0 Å². The van der Waals surface area contributed by atoms with E-state index in [-0.39, 0.29) is 0 Å². The molecular formula is C12H26N2O2S. The predicted octanol–water partition coefficient (Wildman–Crippen LogP) is 1.43. The van der Waals surface area contributed by atoms with E-state index in [4.69, 9.17) is 0 Å². The SMILES string of the molecule is CCC(C)C(C)NC1CCN(S(C)(=O)=O)CC1. The van der Waals surface area contributed by atoms with Gasteiger partial charge < -0.3 is 5.32 Å². The highest BCUT2D eigenvalue weighted by molar-refractivity contribution is 7.88. The van der Waals surface area contributed by atoms with Crippen molar-refractivity contribution >= 4 is 10.0 Å². The Balaban J connectivity index is 2.38. The van der Waals surface area contributed by atoms with Gasteiger partial charge >= 0.3 is 0 Å². The quantitative estimate of drug-likeness (QED) is 0.815. The Hall–Kier alpha value is -0.130. The first-order valence-corrected chi connectivity index (χ1v) is 8.40. The molecular weight excluding hydrogens is 236 g/mol. The van der Waals surface area contributed by atoms with Gasteiger partial charge in [0.2, 0.25) is 10.0 Å². The summed E-state index contributed by atoms with van der Waals surface area (Å²) in [5.74, 6) is 0.669. The second kappa shape index (κ2) is 6.16. The van der Waals surface area contributed by atoms with Crippen LogP contribution in [0.2, 0.25) is 0 Å². The third-order valence-electron chi connectivity index (χ3n) is 3.92. The van der Waals surface area contributed by atoms with E-state index in [1.54, 1.807) is 4.31 Å². The van der Waals surface area contributed by atoms with Crippen LogP contribution < -0.4 is 5.32 Å². The molecule has 1 heterocycles. The van der Waals surface area contributed by atoms with Crippen LogP contribution in [0.4, 0.5) is 0 Å². The zero-order chi connectivity index (χ0) is 13.1. The van der Waals surface area contributed by atoms with E-state index >= 15 is 0 Å². The molecule has 0 amide bonds. The topological polar surface area (TPSA) is 49.4 Å². The van der Waals surface area contributed by atoms with E-state index in [1.165, 1.54) is 12.7 Å². The van der Waals surface area contributed by atoms with Crippen LogP contribution in [0.3, 0.4) is 0 Å². The molecule has 102 valence electrons. The van der Waals surface area contributed by atoms with Gasteiger partial charge in [-0.2, -0.15) is 0 Å². The monoisotopic (exact) mass is 262 g/mol. The highest BCUT2D eigenvalue weighted by Gasteiger charge is 2.26. The van der Waals surface area contributed by atoms with Crippen LogP contribution in [0.15, 0.2) is 0 Å². The second-order valence-corrected chi connectivity index (χ2v) is 7.26. The van der Waals surface area contributed by atoms with Crippen molar-refractivity contribution in [1.29, 1.82) is 0 Å². The average molecular weight is 262 g/mol. The van der Waals surface area contributed by atoms with Crippen LogP contribution in [0.5, 0.6) is 0 Å². The van der Waals surface area contributed by atoms with Crippen molar-refractivity contribution < 1.29 is 8.42 Å². The van der Waals surface area contributed by atoms with E-state index in [2.05, 4.69) is 26.1 Å². The van der Waals surface area contributed by atoms with Crippen LogP contribution in [-0.4, -0.2) is 44.2 Å². The fourth-order valence-electron chi connectivity index (χ4n) is 2.24. The van der Waals surface area contributed by atoms with E-state index in [0.717, 1.165) is 12.8 Å². The fraction of sp³-hybridized carbons (Fsp3) is 1.00. The highest BCUT2D eigenvalue weighted by Crippen LogP contribution is 2.16. The van der Waals surface area contributed by atoms with Crippen LogP contribution in [0, 0.1) is 5.92 Å². The molecule has 5 heteroatoms. The second-order valence-electron chi connectivity index (χ2n) is 5.28. The van der Waals surface area contributed by atoms with E-state index < -0.39 is 10.0 Å². The lowest BCUT2D eigenvalue weighted by Crippen LogP contribution is -2.48. The molecule has 1 rings (SSSR count). The fourth-order valence-corrected chi connectivity index (χ4v) is 3.12. The first-order chi connectivity index (χ1) is 7.84. The molecule has 0 aromatic carbocycles. The van der Waals surface area contributed by atoms with Gasteiger partial charge in [0.05, 0.1) is 6.26 Å². The molecule has 1 aliphatic rings. The van der Waals surface area contributed by atoms with Gasteiger partial charge in [0.25, 0.3) is 0 Å². The predicted molar refractivity (Wildman–Crippen MR) is 71.5 cm³/mol. The molecule has 0 aromatic heterocycles. The standard InChI is InChI=1S/C12H26N2O2S/c1-5-10(2)11(3)13-12-6-8-14(9-7-12)17(4,15)16/h10-13H,5-9H2,1-4H3. The van der Waals surface area contributed by atoms with E-state index in [9.17, 15) is 8.42 Å². The van der Waals surface area contributed by atoms with Gasteiger partial charge in [0.1, 0.15) is 0 Å². The molecule has 0 bridgehead atoms. The minimum absolute atomic E-state index is 0.469. The summed E-state index contributed by atoms with van der Waals surface area (Å²) in [6.07, 6.45) is 4.32. The Morgan fingerprint density at radius 1 is 1.29 bits per heavy atom. The minimum Gasteiger partial charge on any atom is -0.311 e. The van der Waals surface area contributed by atoms with Gasteiger partial charge in [-0.25, -0.2) is 12.7 Å². The van der Waals surface area contributed by atoms with Gasteiger partial charge in [0, 0.05) is 25.2 Å². The largest absolute Gasteiger partial charge is 0.311 e. The summed E-state index contributed by atoms with van der Waals surface area (Å²) in [6.45, 7) is 7.99. The van der Waals surface area contributed by atoms with E-state index in [1.807, 2.05) is 0 Å². The molecule has 1 aliphatic heterocycles. The maximum atomic E-state index is 11.4. The number of sulfonamides is 1. The van der Waals surface area contributed by atoms with Crippen molar-refractivity contribution in [2.75, 3.05) is 19.3 Å². The smallest absolute Gasteiger partial charge is 0.211 e. The lowest BCUT2D eigenvalue weighted by atomic mass is 9.98. The highest BCUT2D eigenvalue weighted by atomic mass is 32.2. The Labute approximate surface area is 106 Å². The molecule has 2 unspecified atom stereocenters. The number of rotatable bonds is 5. The molecule has 0 saturated carbocycles. The van der Waals surface area contributed by atoms with Crippen molar-refractivity contribution in [2.24, 2.45) is 5.92 Å². The first kappa shape index (κ1) is 14.9. The summed E-state index contributed by atoms with van der Waals surface area (Å²) >= 11 is 0. The van der Waals surface area contributed by atoms with Crippen molar-refractivity contribution in [1.82, 2.24) is 9.62 Å². The maximum absolute atomic E-state index is 11.4. The first-order valence-electron chi connectivity index (χ1n) is 6.55. The third kappa shape index (κ3) is 4.56. The number of hydrogen-bond acceptors (Lipinski definition) is 3. The molecule has 1 saturated heterocycles. The van der Waals surface area contributed by atoms with Crippen LogP contribution in [0.1, 0.15) is 40.0 Å². The Morgan fingerprint density at radius 3 is 2.24 bits per heavy atom. The molecule has 2 atom stereocenters. The Bertz CT molecular complexity index is 321. The van der Waals surface area contributed by atoms with Crippen molar-refractivity contribution in [3.8, 4) is 0 Å². The molecule has 0 aromatic rings. The van der Waals surface area contributed by atoms with Crippen LogP contribution >= 0.6 is 0 Å². The zero-order valence-electron chi connectivity index (χ0n) is 11.4. The molecule has 1 fully saturated rings. The normalized spacial score (nSPS) is 23.5. The zero-order valence-corrected chi connectivity index (χ0v) is 12.3. The lowest BCUT2D eigenvalue weighted by Gasteiger charge is -2.33. The molecule has 0 radical (unpaired) electrons. The molecule has 17 heavy (non-hydrogen) atoms.